The molecule has 0 aromatic rings. The number of fused-ring (bicyclic) bond motifs is 2. The van der Waals surface area contributed by atoms with Gasteiger partial charge in [0.05, 0.1) is 29.8 Å². The molecule has 2 unspecified atom stereocenters. The number of aliphatic hydroxyl groups excluding tert-OH is 1. The van der Waals surface area contributed by atoms with Crippen molar-refractivity contribution in [2.75, 3.05) is 20.6 Å². The van der Waals surface area contributed by atoms with Gasteiger partial charge in [-0.1, -0.05) is 34.6 Å². The van der Waals surface area contributed by atoms with E-state index in [1.807, 2.05) is 60.5 Å². The first-order valence-corrected chi connectivity index (χ1v) is 16.9. The minimum Gasteiger partial charge on any atom is -0.459 e. The fourth-order valence-corrected chi connectivity index (χ4v) is 7.87. The average Bonchev–Trinajstić information content (AvgIpc) is 3.20. The number of rotatable bonds is 7. The van der Waals surface area contributed by atoms with Crippen LogP contribution in [0.3, 0.4) is 0 Å². The fourth-order valence-electron chi connectivity index (χ4n) is 7.87. The molecule has 12 nitrogen and oxygen atoms in total. The first-order chi connectivity index (χ1) is 20.9. The molecule has 15 atom stereocenters. The van der Waals surface area contributed by atoms with Gasteiger partial charge in [0.25, 0.3) is 0 Å². The van der Waals surface area contributed by atoms with Crippen molar-refractivity contribution in [3.63, 3.8) is 0 Å². The van der Waals surface area contributed by atoms with Gasteiger partial charge in [0, 0.05) is 30.5 Å². The summed E-state index contributed by atoms with van der Waals surface area (Å²) in [6.45, 7) is 17.2. The molecule has 0 saturated carbocycles. The van der Waals surface area contributed by atoms with Crippen LogP contribution in [0.2, 0.25) is 0 Å². The zero-order valence-electron chi connectivity index (χ0n) is 29.3. The Hall–Kier alpha value is -1.54. The van der Waals surface area contributed by atoms with Crippen LogP contribution in [-0.2, 0) is 28.5 Å². The van der Waals surface area contributed by atoms with Crippen molar-refractivity contribution in [3.05, 3.63) is 0 Å². The Morgan fingerprint density at radius 3 is 2.36 bits per heavy atom. The number of nitrogens with two attached hydrogens (primary N) is 1. The number of likely N-dealkylation sites (N-methyl/N-ethyl adjacent to an activating group) is 1. The number of carbonyl (C=O) groups excluding carboxylic acids is 2. The Morgan fingerprint density at radius 2 is 1.78 bits per heavy atom. The number of esters is 1. The van der Waals surface area contributed by atoms with Crippen LogP contribution >= 0.6 is 0 Å². The lowest BCUT2D eigenvalue weighted by Crippen LogP contribution is -2.59. The maximum absolute atomic E-state index is 13.9. The number of hydrogen-bond acceptors (Lipinski definition) is 11. The lowest BCUT2D eigenvalue weighted by molar-refractivity contribution is -0.299. The SMILES string of the molecule is CCCNC(=O)O[C@H]1[C@H](C)[C@@H](OC2O[C@H](C)C[C@H](N(C)C)[C@H]2O)[C@](C)(O)C[C@@H](C)[C@H]2OC(C)([C@H](CC)OC(=O)[C@@H]1C)[C@@H](N)[C@@H]2C. The van der Waals surface area contributed by atoms with Crippen LogP contribution in [0.15, 0.2) is 0 Å². The van der Waals surface area contributed by atoms with E-state index in [0.29, 0.717) is 25.8 Å². The van der Waals surface area contributed by atoms with Gasteiger partial charge in [0.1, 0.15) is 23.9 Å². The lowest BCUT2D eigenvalue weighted by Gasteiger charge is -2.47. The molecule has 3 aliphatic rings. The first-order valence-electron chi connectivity index (χ1n) is 16.9. The van der Waals surface area contributed by atoms with Gasteiger partial charge in [0.2, 0.25) is 0 Å². The number of cyclic esters (lactones) is 1. The van der Waals surface area contributed by atoms with Crippen LogP contribution in [0.1, 0.15) is 88.0 Å². The summed E-state index contributed by atoms with van der Waals surface area (Å²) in [4.78, 5) is 28.8. The molecule has 3 heterocycles. The molecule has 0 spiro atoms. The van der Waals surface area contributed by atoms with E-state index in [1.165, 1.54) is 0 Å². The van der Waals surface area contributed by atoms with Crippen LogP contribution in [0, 0.1) is 23.7 Å². The third-order valence-corrected chi connectivity index (χ3v) is 10.5. The van der Waals surface area contributed by atoms with Gasteiger partial charge in [-0.3, -0.25) is 4.79 Å². The van der Waals surface area contributed by atoms with Crippen molar-refractivity contribution in [2.24, 2.45) is 29.4 Å². The van der Waals surface area contributed by atoms with Crippen LogP contribution in [0.25, 0.3) is 0 Å². The highest BCUT2D eigenvalue weighted by Crippen LogP contribution is 2.45. The second kappa shape index (κ2) is 15.1. The molecule has 12 heteroatoms. The molecule has 3 rings (SSSR count). The fraction of sp³-hybridized carbons (Fsp3) is 0.939. The largest absolute Gasteiger partial charge is 0.459 e. The molecule has 45 heavy (non-hydrogen) atoms. The smallest absolute Gasteiger partial charge is 0.407 e. The highest BCUT2D eigenvalue weighted by Gasteiger charge is 2.57. The maximum Gasteiger partial charge on any atom is 0.407 e. The van der Waals surface area contributed by atoms with E-state index in [2.05, 4.69) is 5.32 Å². The van der Waals surface area contributed by atoms with Gasteiger partial charge in [-0.25, -0.2) is 4.79 Å². The monoisotopic (exact) mass is 643 g/mol. The Kier molecular flexibility index (Phi) is 12.7. The zero-order valence-corrected chi connectivity index (χ0v) is 29.3. The number of carbonyl (C=O) groups is 2. The summed E-state index contributed by atoms with van der Waals surface area (Å²) < 4.78 is 31.5. The van der Waals surface area contributed by atoms with Crippen molar-refractivity contribution in [1.29, 1.82) is 0 Å². The van der Waals surface area contributed by atoms with E-state index in [4.69, 9.17) is 29.4 Å². The molecule has 2 bridgehead atoms. The molecule has 5 N–H and O–H groups in total. The van der Waals surface area contributed by atoms with E-state index < -0.39 is 71.8 Å². The number of amides is 1. The molecule has 1 amide bonds. The topological polar surface area (TPSA) is 162 Å². The minimum atomic E-state index is -1.54. The minimum absolute atomic E-state index is 0.0887. The summed E-state index contributed by atoms with van der Waals surface area (Å²) in [6.07, 6.45) is -4.06. The van der Waals surface area contributed by atoms with E-state index >= 15 is 0 Å². The second-order valence-electron chi connectivity index (χ2n) is 14.6. The number of ether oxygens (including phenoxy) is 5. The van der Waals surface area contributed by atoms with Gasteiger partial charge in [0.15, 0.2) is 6.29 Å². The van der Waals surface area contributed by atoms with Crippen LogP contribution in [0.4, 0.5) is 4.79 Å². The van der Waals surface area contributed by atoms with Crippen LogP contribution < -0.4 is 11.1 Å². The zero-order chi connectivity index (χ0) is 34.0. The molecule has 3 fully saturated rings. The highest BCUT2D eigenvalue weighted by atomic mass is 16.7. The van der Waals surface area contributed by atoms with Gasteiger partial charge >= 0.3 is 12.1 Å². The second-order valence-corrected chi connectivity index (χ2v) is 14.6. The molecule has 0 aromatic heterocycles. The third kappa shape index (κ3) is 8.13. The summed E-state index contributed by atoms with van der Waals surface area (Å²) in [7, 11) is 3.78. The van der Waals surface area contributed by atoms with Gasteiger partial charge in [-0.2, -0.15) is 0 Å². The van der Waals surface area contributed by atoms with E-state index in [9.17, 15) is 19.8 Å². The predicted octanol–water partition coefficient (Wildman–Crippen LogP) is 2.81. The van der Waals surface area contributed by atoms with Crippen molar-refractivity contribution in [2.45, 2.75) is 154 Å². The lowest BCUT2D eigenvalue weighted by atomic mass is 9.75. The molecule has 262 valence electrons. The Bertz CT molecular complexity index is 998. The van der Waals surface area contributed by atoms with E-state index in [1.54, 1.807) is 20.8 Å². The quantitative estimate of drug-likeness (QED) is 0.302. The van der Waals surface area contributed by atoms with E-state index in [-0.39, 0.29) is 36.5 Å². The normalized spacial score (nSPS) is 46.5. The molecule has 0 aromatic carbocycles. The Morgan fingerprint density at radius 1 is 1.13 bits per heavy atom. The standard InChI is InChI=1S/C33H61N3O9/c1-12-14-35-31(39)43-26-20(6)28(44-30-24(37)22(36(10)11)15-18(4)41-30)32(8,40)16-17(3)25-19(5)27(34)33(9,45-25)23(13-2)42-29(38)21(26)7/h17-28,30,37,40H,12-16,34H2,1-11H3,(H,35,39)/t17-,18-,19-,20+,21-,22+,23+,24-,25-,26+,27+,28-,30?,32-,33?/m1/s1. The van der Waals surface area contributed by atoms with Crippen molar-refractivity contribution >= 4 is 12.1 Å². The Labute approximate surface area is 270 Å². The number of hydrogen-bond donors (Lipinski definition) is 4. The van der Waals surface area contributed by atoms with Crippen molar-refractivity contribution < 1.29 is 43.5 Å². The first kappa shape index (κ1) is 37.9. The molecule has 3 aliphatic heterocycles. The average molecular weight is 644 g/mol. The number of nitrogens with zero attached hydrogens (tertiary/aromatic N) is 1. The Balaban J connectivity index is 2.12. The van der Waals surface area contributed by atoms with Crippen LogP contribution in [0.5, 0.6) is 0 Å². The van der Waals surface area contributed by atoms with Crippen molar-refractivity contribution in [3.8, 4) is 0 Å². The highest BCUT2D eigenvalue weighted by molar-refractivity contribution is 5.74. The molecular formula is C33H61N3O9. The van der Waals surface area contributed by atoms with Gasteiger partial charge in [-0.15, -0.1) is 0 Å². The molecule has 0 aliphatic carbocycles. The molecule has 3 saturated heterocycles. The number of alkyl carbamates (subject to hydrolysis) is 1. The number of nitrogens with one attached hydrogen (secondary N) is 1. The van der Waals surface area contributed by atoms with Gasteiger partial charge < -0.3 is 49.8 Å². The van der Waals surface area contributed by atoms with Gasteiger partial charge in [-0.05, 0) is 73.4 Å². The summed E-state index contributed by atoms with van der Waals surface area (Å²) in [5.74, 6) is -2.53. The maximum atomic E-state index is 13.9. The third-order valence-electron chi connectivity index (χ3n) is 10.5. The van der Waals surface area contributed by atoms with Crippen LogP contribution in [-0.4, -0.2) is 114 Å². The summed E-state index contributed by atoms with van der Waals surface area (Å²) >= 11 is 0. The summed E-state index contributed by atoms with van der Waals surface area (Å²) in [6, 6.07) is -0.676. The van der Waals surface area contributed by atoms with Crippen molar-refractivity contribution in [1.82, 2.24) is 10.2 Å². The molecular weight excluding hydrogens is 582 g/mol. The summed E-state index contributed by atoms with van der Waals surface area (Å²) in [5.41, 5.74) is 4.27. The summed E-state index contributed by atoms with van der Waals surface area (Å²) in [5, 5.41) is 26.4. The number of aliphatic hydroxyl groups is 2. The predicted molar refractivity (Wildman–Crippen MR) is 169 cm³/mol. The van der Waals surface area contributed by atoms with E-state index in [0.717, 1.165) is 0 Å². The molecule has 0 radical (unpaired) electrons.